The molecule has 150 valence electrons. The van der Waals surface area contributed by atoms with Gasteiger partial charge >= 0.3 is 0 Å². The Balaban J connectivity index is 1.40. The number of halogens is 2. The number of benzene rings is 1. The smallest absolute Gasteiger partial charge is 0.245 e. The first-order valence-corrected chi connectivity index (χ1v) is 9.50. The van der Waals surface area contributed by atoms with Gasteiger partial charge in [-0.05, 0) is 36.5 Å². The first kappa shape index (κ1) is 17.9. The van der Waals surface area contributed by atoms with E-state index in [-0.39, 0.29) is 28.1 Å². The number of nitrogens with one attached hydrogen (secondary N) is 2. The summed E-state index contributed by atoms with van der Waals surface area (Å²) in [6, 6.07) is 2.82. The van der Waals surface area contributed by atoms with E-state index < -0.39 is 11.8 Å². The van der Waals surface area contributed by atoms with Gasteiger partial charge in [-0.25, -0.2) is 9.37 Å². The Morgan fingerprint density at radius 2 is 2.00 bits per heavy atom. The molecule has 0 spiro atoms. The average molecular weight is 399 g/mol. The van der Waals surface area contributed by atoms with E-state index in [1.165, 1.54) is 31.3 Å². The number of nitrogens with zero attached hydrogens (tertiary/aromatic N) is 5. The van der Waals surface area contributed by atoms with Crippen molar-refractivity contribution in [3.63, 3.8) is 0 Å². The van der Waals surface area contributed by atoms with Gasteiger partial charge in [0.2, 0.25) is 11.9 Å². The van der Waals surface area contributed by atoms with Gasteiger partial charge < -0.3 is 15.3 Å². The molecule has 1 aromatic carbocycles. The minimum Gasteiger partial charge on any atom is -0.507 e. The van der Waals surface area contributed by atoms with E-state index in [0.717, 1.165) is 31.6 Å². The van der Waals surface area contributed by atoms with E-state index in [2.05, 4.69) is 35.6 Å². The van der Waals surface area contributed by atoms with E-state index in [0.29, 0.717) is 12.0 Å². The number of anilines is 1. The minimum atomic E-state index is -0.750. The van der Waals surface area contributed by atoms with Crippen molar-refractivity contribution in [3.8, 4) is 28.1 Å². The van der Waals surface area contributed by atoms with E-state index in [1.807, 2.05) is 0 Å². The molecule has 2 aliphatic rings. The van der Waals surface area contributed by atoms with Gasteiger partial charge in [-0.15, -0.1) is 10.2 Å². The maximum absolute atomic E-state index is 14.7. The number of H-pyrrole nitrogens is 1. The van der Waals surface area contributed by atoms with Crippen LogP contribution in [0.15, 0.2) is 24.5 Å². The number of phenols is 1. The van der Waals surface area contributed by atoms with Crippen molar-refractivity contribution in [2.24, 2.45) is 5.92 Å². The van der Waals surface area contributed by atoms with Crippen molar-refractivity contribution in [2.45, 2.75) is 18.9 Å². The normalized spacial score (nSPS) is 19.5. The third-order valence-corrected chi connectivity index (χ3v) is 5.46. The number of aromatic hydroxyl groups is 1. The van der Waals surface area contributed by atoms with Crippen LogP contribution >= 0.6 is 0 Å². The van der Waals surface area contributed by atoms with Gasteiger partial charge in [0, 0.05) is 25.7 Å². The van der Waals surface area contributed by atoms with Gasteiger partial charge in [0.15, 0.2) is 0 Å². The Kier molecular flexibility index (Phi) is 4.35. The van der Waals surface area contributed by atoms with Crippen LogP contribution in [0.2, 0.25) is 0 Å². The highest BCUT2D eigenvalue weighted by Crippen LogP contribution is 2.36. The molecule has 0 amide bonds. The third kappa shape index (κ3) is 3.39. The molecule has 8 nitrogen and oxygen atoms in total. The number of rotatable bonds is 4. The molecule has 1 saturated carbocycles. The van der Waals surface area contributed by atoms with Gasteiger partial charge in [-0.2, -0.15) is 9.49 Å². The summed E-state index contributed by atoms with van der Waals surface area (Å²) in [5.41, 5.74) is 0.214. The lowest BCUT2D eigenvalue weighted by atomic mass is 10.0. The molecule has 0 radical (unpaired) electrons. The quantitative estimate of drug-likeness (QED) is 0.617. The van der Waals surface area contributed by atoms with Crippen LogP contribution in [-0.2, 0) is 0 Å². The number of aromatic amines is 1. The molecule has 3 N–H and O–H groups in total. The van der Waals surface area contributed by atoms with Crippen molar-refractivity contribution in [2.75, 3.05) is 24.5 Å². The highest BCUT2D eigenvalue weighted by atomic mass is 19.1. The standard InChI is InChI=1S/C19H19F2N7O/c20-13-5-11(12-7-24-26-18(12)21)6-16(29)17(13)14-8-23-19(27-25-14)28-4-3-22-15(9-28)10-1-2-10/h5-8,10,15,22,29H,1-4,9H2,(H,24,26). The Bertz CT molecular complexity index is 1010. The fraction of sp³-hybridized carbons (Fsp3) is 0.368. The summed E-state index contributed by atoms with van der Waals surface area (Å²) in [7, 11) is 0. The molecule has 1 aliphatic carbocycles. The first-order chi connectivity index (χ1) is 14.1. The predicted molar refractivity (Wildman–Crippen MR) is 101 cm³/mol. The molecule has 29 heavy (non-hydrogen) atoms. The van der Waals surface area contributed by atoms with Crippen LogP contribution in [0.25, 0.3) is 22.4 Å². The maximum Gasteiger partial charge on any atom is 0.245 e. The largest absolute Gasteiger partial charge is 0.507 e. The lowest BCUT2D eigenvalue weighted by Crippen LogP contribution is -2.52. The summed E-state index contributed by atoms with van der Waals surface area (Å²) in [5, 5.41) is 27.8. The average Bonchev–Trinajstić information content (AvgIpc) is 3.49. The molecule has 2 fully saturated rings. The molecule has 1 unspecified atom stereocenters. The Morgan fingerprint density at radius 1 is 1.14 bits per heavy atom. The molecule has 3 aromatic rings. The van der Waals surface area contributed by atoms with Crippen LogP contribution in [0.5, 0.6) is 5.75 Å². The van der Waals surface area contributed by atoms with Crippen molar-refractivity contribution in [1.29, 1.82) is 0 Å². The number of phenolic OH excluding ortho intramolecular Hbond substituents is 1. The fourth-order valence-corrected chi connectivity index (χ4v) is 3.78. The molecule has 2 aromatic heterocycles. The molecular formula is C19H19F2N7O. The predicted octanol–water partition coefficient (Wildman–Crippen LogP) is 2.10. The molecule has 5 rings (SSSR count). The summed E-state index contributed by atoms with van der Waals surface area (Å²) < 4.78 is 28.4. The second-order valence-corrected chi connectivity index (χ2v) is 7.44. The zero-order valence-electron chi connectivity index (χ0n) is 15.4. The zero-order chi connectivity index (χ0) is 20.0. The van der Waals surface area contributed by atoms with Crippen molar-refractivity contribution >= 4 is 5.95 Å². The summed E-state index contributed by atoms with van der Waals surface area (Å²) in [6.45, 7) is 2.44. The highest BCUT2D eigenvalue weighted by Gasteiger charge is 2.34. The van der Waals surface area contributed by atoms with Gasteiger partial charge in [-0.3, -0.25) is 5.10 Å². The Labute approximate surface area is 165 Å². The second kappa shape index (κ2) is 7.03. The van der Waals surface area contributed by atoms with Crippen molar-refractivity contribution in [1.82, 2.24) is 30.7 Å². The lowest BCUT2D eigenvalue weighted by Gasteiger charge is -2.33. The van der Waals surface area contributed by atoms with Crippen molar-refractivity contribution < 1.29 is 13.9 Å². The van der Waals surface area contributed by atoms with E-state index in [1.54, 1.807) is 0 Å². The molecule has 3 heterocycles. The SMILES string of the molecule is Oc1cc(-c2cn[nH]c2F)cc(F)c1-c1cnc(N2CCNC(C3CC3)C2)nn1. The van der Waals surface area contributed by atoms with E-state index >= 15 is 0 Å². The van der Waals surface area contributed by atoms with Gasteiger partial charge in [-0.1, -0.05) is 0 Å². The lowest BCUT2D eigenvalue weighted by molar-refractivity contribution is 0.414. The van der Waals surface area contributed by atoms with Crippen LogP contribution in [0, 0.1) is 17.7 Å². The molecule has 0 bridgehead atoms. The van der Waals surface area contributed by atoms with Crippen molar-refractivity contribution in [3.05, 3.63) is 36.3 Å². The van der Waals surface area contributed by atoms with Crippen LogP contribution in [-0.4, -0.2) is 56.2 Å². The molecule has 10 heteroatoms. The zero-order valence-corrected chi connectivity index (χ0v) is 15.4. The molecule has 1 saturated heterocycles. The van der Waals surface area contributed by atoms with Crippen LogP contribution in [0.1, 0.15) is 12.8 Å². The number of hydrogen-bond donors (Lipinski definition) is 3. The van der Waals surface area contributed by atoms with Crippen LogP contribution < -0.4 is 10.2 Å². The monoisotopic (exact) mass is 399 g/mol. The molecule has 1 aliphatic heterocycles. The number of hydrogen-bond acceptors (Lipinski definition) is 7. The van der Waals surface area contributed by atoms with Gasteiger partial charge in [0.1, 0.15) is 17.3 Å². The highest BCUT2D eigenvalue weighted by molar-refractivity contribution is 5.74. The third-order valence-electron chi connectivity index (χ3n) is 5.46. The number of aromatic nitrogens is 5. The summed E-state index contributed by atoms with van der Waals surface area (Å²) in [4.78, 5) is 6.40. The molecular weight excluding hydrogens is 380 g/mol. The Hall–Kier alpha value is -3.14. The second-order valence-electron chi connectivity index (χ2n) is 7.44. The van der Waals surface area contributed by atoms with Gasteiger partial charge in [0.05, 0.1) is 23.5 Å². The Morgan fingerprint density at radius 3 is 2.66 bits per heavy atom. The summed E-state index contributed by atoms with van der Waals surface area (Å²) in [5.74, 6) is -0.628. The first-order valence-electron chi connectivity index (χ1n) is 9.50. The van der Waals surface area contributed by atoms with Gasteiger partial charge in [0.25, 0.3) is 0 Å². The van der Waals surface area contributed by atoms with Crippen LogP contribution in [0.3, 0.4) is 0 Å². The number of piperazine rings is 1. The minimum absolute atomic E-state index is 0.0641. The topological polar surface area (TPSA) is 103 Å². The molecule has 1 atom stereocenters. The maximum atomic E-state index is 14.7. The van der Waals surface area contributed by atoms with E-state index in [9.17, 15) is 13.9 Å². The fourth-order valence-electron chi connectivity index (χ4n) is 3.78. The van der Waals surface area contributed by atoms with E-state index in [4.69, 9.17) is 0 Å². The summed E-state index contributed by atoms with van der Waals surface area (Å²) in [6.07, 6.45) is 5.12. The van der Waals surface area contributed by atoms with Crippen LogP contribution in [0.4, 0.5) is 14.7 Å². The summed E-state index contributed by atoms with van der Waals surface area (Å²) >= 11 is 0.